The summed E-state index contributed by atoms with van der Waals surface area (Å²) in [6.07, 6.45) is -1.96. The zero-order valence-electron chi connectivity index (χ0n) is 16.8. The maximum atomic E-state index is 13.0. The van der Waals surface area contributed by atoms with E-state index in [0.29, 0.717) is 11.1 Å². The quantitative estimate of drug-likeness (QED) is 0.664. The van der Waals surface area contributed by atoms with Gasteiger partial charge in [0, 0.05) is 26.5 Å². The van der Waals surface area contributed by atoms with Crippen LogP contribution < -0.4 is 10.4 Å². The van der Waals surface area contributed by atoms with Crippen molar-refractivity contribution in [1.82, 2.24) is 19.0 Å². The number of imidazole rings is 1. The molecule has 0 aliphatic heterocycles. The van der Waals surface area contributed by atoms with Gasteiger partial charge in [-0.05, 0) is 42.8 Å². The number of amides is 1. The molecule has 0 bridgehead atoms. The lowest BCUT2D eigenvalue weighted by Crippen LogP contribution is -2.27. The van der Waals surface area contributed by atoms with E-state index in [9.17, 15) is 27.9 Å². The zero-order chi connectivity index (χ0) is 22.9. The molecule has 164 valence electrons. The van der Waals surface area contributed by atoms with Gasteiger partial charge in [-0.2, -0.15) is 0 Å². The number of hydrogen-bond acceptors (Lipinski definition) is 5. The van der Waals surface area contributed by atoms with Gasteiger partial charge in [-0.3, -0.25) is 14.3 Å². The Kier molecular flexibility index (Phi) is 5.78. The van der Waals surface area contributed by atoms with Gasteiger partial charge < -0.3 is 14.7 Å². The van der Waals surface area contributed by atoms with Crippen molar-refractivity contribution >= 4 is 5.91 Å². The number of carbonyl (C=O) groups excluding carboxylic acids is 1. The molecule has 2 heterocycles. The zero-order valence-corrected chi connectivity index (χ0v) is 16.8. The third-order valence-corrected chi connectivity index (χ3v) is 4.57. The lowest BCUT2D eigenvalue weighted by molar-refractivity contribution is -0.274. The summed E-state index contributed by atoms with van der Waals surface area (Å²) in [4.78, 5) is 30.7. The van der Waals surface area contributed by atoms with Crippen LogP contribution in [-0.2, 0) is 6.54 Å². The molecule has 1 amide bonds. The molecule has 3 aromatic rings. The summed E-state index contributed by atoms with van der Waals surface area (Å²) in [7, 11) is 3.18. The molecule has 0 unspecified atom stereocenters. The molecule has 0 saturated heterocycles. The Morgan fingerprint density at radius 1 is 1.19 bits per heavy atom. The summed E-state index contributed by atoms with van der Waals surface area (Å²) in [5.41, 5.74) is 0.572. The van der Waals surface area contributed by atoms with Crippen LogP contribution in [0.25, 0.3) is 5.69 Å². The second kappa shape index (κ2) is 8.17. The van der Waals surface area contributed by atoms with Gasteiger partial charge in [0.05, 0.1) is 23.5 Å². The van der Waals surface area contributed by atoms with Crippen molar-refractivity contribution < 1.29 is 27.8 Å². The minimum Gasteiger partial charge on any atom is -0.493 e. The van der Waals surface area contributed by atoms with Crippen LogP contribution in [0.2, 0.25) is 0 Å². The predicted molar refractivity (Wildman–Crippen MR) is 104 cm³/mol. The molecule has 0 aliphatic rings. The molecule has 0 aliphatic carbocycles. The molecule has 0 atom stereocenters. The number of rotatable bonds is 5. The highest BCUT2D eigenvalue weighted by Crippen LogP contribution is 2.26. The van der Waals surface area contributed by atoms with Crippen LogP contribution >= 0.6 is 0 Å². The van der Waals surface area contributed by atoms with Crippen molar-refractivity contribution in [3.05, 3.63) is 70.0 Å². The van der Waals surface area contributed by atoms with Gasteiger partial charge in [-0.25, -0.2) is 9.36 Å². The van der Waals surface area contributed by atoms with E-state index in [1.807, 2.05) is 0 Å². The van der Waals surface area contributed by atoms with Crippen LogP contribution in [0.1, 0.15) is 21.6 Å². The number of aromatic hydroxyl groups is 1. The van der Waals surface area contributed by atoms with Crippen LogP contribution in [-0.4, -0.2) is 50.5 Å². The Bertz CT molecular complexity index is 1160. The van der Waals surface area contributed by atoms with Crippen molar-refractivity contribution in [1.29, 1.82) is 0 Å². The molecule has 11 heteroatoms. The highest BCUT2D eigenvalue weighted by atomic mass is 19.4. The number of hydrogen-bond donors (Lipinski definition) is 1. The normalized spacial score (nSPS) is 11.4. The number of ether oxygens (including phenoxy) is 1. The van der Waals surface area contributed by atoms with E-state index in [2.05, 4.69) is 9.72 Å². The largest absolute Gasteiger partial charge is 0.573 e. The molecule has 31 heavy (non-hydrogen) atoms. The molecule has 2 aromatic heterocycles. The van der Waals surface area contributed by atoms with Crippen molar-refractivity contribution in [3.8, 4) is 17.3 Å². The molecule has 0 fully saturated rings. The Hall–Kier alpha value is -3.76. The van der Waals surface area contributed by atoms with Crippen LogP contribution in [0.4, 0.5) is 13.2 Å². The fourth-order valence-corrected chi connectivity index (χ4v) is 3.02. The van der Waals surface area contributed by atoms with Gasteiger partial charge in [-0.1, -0.05) is 0 Å². The Labute approximate surface area is 174 Å². The van der Waals surface area contributed by atoms with E-state index < -0.39 is 17.8 Å². The van der Waals surface area contributed by atoms with Gasteiger partial charge in [0.2, 0.25) is 5.88 Å². The molecular formula is C20H19F3N4O4. The second-order valence-corrected chi connectivity index (χ2v) is 6.89. The number of nitrogens with zero attached hydrogens (tertiary/aromatic N) is 4. The van der Waals surface area contributed by atoms with E-state index in [1.54, 1.807) is 20.2 Å². The molecule has 8 nitrogen and oxygen atoms in total. The van der Waals surface area contributed by atoms with Crippen molar-refractivity contribution in [2.45, 2.75) is 19.8 Å². The monoisotopic (exact) mass is 436 g/mol. The minimum absolute atomic E-state index is 0.0159. The van der Waals surface area contributed by atoms with Crippen molar-refractivity contribution in [3.63, 3.8) is 0 Å². The average Bonchev–Trinajstić information content (AvgIpc) is 2.91. The summed E-state index contributed by atoms with van der Waals surface area (Å²) in [6.45, 7) is 1.50. The van der Waals surface area contributed by atoms with E-state index in [0.717, 1.165) is 16.7 Å². The molecule has 0 saturated carbocycles. The SMILES string of the molecule is Cc1c(O)n(-c2ccc(OC(F)(F)F)cc2)c(=O)n1Cc1ccncc1C(=O)N(C)C. The number of alkyl halides is 3. The first-order valence-corrected chi connectivity index (χ1v) is 9.01. The fraction of sp³-hybridized carbons (Fsp3) is 0.250. The summed E-state index contributed by atoms with van der Waals surface area (Å²) >= 11 is 0. The van der Waals surface area contributed by atoms with E-state index in [1.165, 1.54) is 40.9 Å². The number of halogens is 3. The van der Waals surface area contributed by atoms with E-state index in [-0.39, 0.29) is 29.7 Å². The third-order valence-electron chi connectivity index (χ3n) is 4.57. The topological polar surface area (TPSA) is 89.6 Å². The Morgan fingerprint density at radius 2 is 1.84 bits per heavy atom. The van der Waals surface area contributed by atoms with Gasteiger partial charge >= 0.3 is 12.1 Å². The Morgan fingerprint density at radius 3 is 2.42 bits per heavy atom. The number of benzene rings is 1. The van der Waals surface area contributed by atoms with E-state index >= 15 is 0 Å². The molecule has 0 spiro atoms. The summed E-state index contributed by atoms with van der Waals surface area (Å²) in [5, 5.41) is 10.5. The lowest BCUT2D eigenvalue weighted by atomic mass is 10.1. The number of carbonyl (C=O) groups is 1. The van der Waals surface area contributed by atoms with Crippen molar-refractivity contribution in [2.24, 2.45) is 0 Å². The summed E-state index contributed by atoms with van der Waals surface area (Å²) in [6, 6.07) is 6.12. The molecule has 1 aromatic carbocycles. The van der Waals surface area contributed by atoms with Crippen LogP contribution in [0, 0.1) is 6.92 Å². The minimum atomic E-state index is -4.84. The standard InChI is InChI=1S/C20H19F3N4O4/c1-12-17(28)27(14-4-6-15(7-5-14)31-20(21,22)23)19(30)26(12)11-13-8-9-24-10-16(13)18(29)25(2)3/h4-10,28H,11H2,1-3H3. The first-order chi connectivity index (χ1) is 14.5. The number of aromatic nitrogens is 3. The second-order valence-electron chi connectivity index (χ2n) is 6.89. The molecule has 0 radical (unpaired) electrons. The molecule has 1 N–H and O–H groups in total. The van der Waals surface area contributed by atoms with Crippen LogP contribution in [0.3, 0.4) is 0 Å². The first kappa shape index (κ1) is 21.9. The molecule has 3 rings (SSSR count). The summed E-state index contributed by atoms with van der Waals surface area (Å²) in [5.74, 6) is -1.12. The summed E-state index contributed by atoms with van der Waals surface area (Å²) < 4.78 is 43.1. The van der Waals surface area contributed by atoms with Crippen LogP contribution in [0.15, 0.2) is 47.5 Å². The third kappa shape index (κ3) is 4.55. The maximum absolute atomic E-state index is 13.0. The van der Waals surface area contributed by atoms with E-state index in [4.69, 9.17) is 0 Å². The van der Waals surface area contributed by atoms with Gasteiger partial charge in [0.25, 0.3) is 5.91 Å². The van der Waals surface area contributed by atoms with Gasteiger partial charge in [0.1, 0.15) is 5.75 Å². The van der Waals surface area contributed by atoms with Crippen LogP contribution in [0.5, 0.6) is 11.6 Å². The lowest BCUT2D eigenvalue weighted by Gasteiger charge is -2.14. The smallest absolute Gasteiger partial charge is 0.493 e. The molecular weight excluding hydrogens is 417 g/mol. The maximum Gasteiger partial charge on any atom is 0.573 e. The van der Waals surface area contributed by atoms with Gasteiger partial charge in [0.15, 0.2) is 0 Å². The Balaban J connectivity index is 2.00. The first-order valence-electron chi connectivity index (χ1n) is 9.01. The van der Waals surface area contributed by atoms with Crippen molar-refractivity contribution in [2.75, 3.05) is 14.1 Å². The fourth-order valence-electron chi connectivity index (χ4n) is 3.02. The predicted octanol–water partition coefficient (Wildman–Crippen LogP) is 2.70. The average molecular weight is 436 g/mol. The van der Waals surface area contributed by atoms with Gasteiger partial charge in [-0.15, -0.1) is 13.2 Å². The highest BCUT2D eigenvalue weighted by molar-refractivity contribution is 5.95. The number of pyridine rings is 1. The highest BCUT2D eigenvalue weighted by Gasteiger charge is 2.31.